The van der Waals surface area contributed by atoms with Crippen LogP contribution in [0.3, 0.4) is 0 Å². The van der Waals surface area contributed by atoms with Gasteiger partial charge in [0.2, 0.25) is 0 Å². The van der Waals surface area contributed by atoms with Crippen LogP contribution in [0.4, 0.5) is 0 Å². The highest BCUT2D eigenvalue weighted by molar-refractivity contribution is 6.02. The van der Waals surface area contributed by atoms with Crippen LogP contribution < -0.4 is 5.43 Å². The van der Waals surface area contributed by atoms with Gasteiger partial charge in [0.1, 0.15) is 5.58 Å². The molecule has 156 valence electrons. The topological polar surface area (TPSA) is 50.5 Å². The van der Waals surface area contributed by atoms with Crippen LogP contribution in [0, 0.1) is 6.92 Å². The summed E-state index contributed by atoms with van der Waals surface area (Å²) < 4.78 is 5.48. The Bertz CT molecular complexity index is 1340. The van der Waals surface area contributed by atoms with E-state index in [0.29, 0.717) is 28.9 Å². The lowest BCUT2D eigenvalue weighted by atomic mass is 9.94. The Morgan fingerprint density at radius 1 is 1.06 bits per heavy atom. The first-order valence-corrected chi connectivity index (χ1v) is 10.8. The Morgan fingerprint density at radius 2 is 1.94 bits per heavy atom. The fourth-order valence-electron chi connectivity index (χ4n) is 4.74. The Hall–Kier alpha value is -3.24. The highest BCUT2D eigenvalue weighted by atomic mass is 16.3. The van der Waals surface area contributed by atoms with E-state index in [0.717, 1.165) is 36.8 Å². The van der Waals surface area contributed by atoms with Crippen molar-refractivity contribution in [3.05, 3.63) is 93.8 Å². The van der Waals surface area contributed by atoms with Gasteiger partial charge in [-0.2, -0.15) is 0 Å². The van der Waals surface area contributed by atoms with Gasteiger partial charge in [-0.3, -0.25) is 9.59 Å². The molecule has 0 bridgehead atoms. The molecule has 1 fully saturated rings. The fourth-order valence-corrected chi connectivity index (χ4v) is 4.74. The molecule has 1 aromatic heterocycles. The largest absolute Gasteiger partial charge is 0.464 e. The molecule has 3 aromatic carbocycles. The van der Waals surface area contributed by atoms with Crippen molar-refractivity contribution >= 4 is 27.5 Å². The zero-order chi connectivity index (χ0) is 21.4. The summed E-state index contributed by atoms with van der Waals surface area (Å²) in [6.45, 7) is 5.01. The van der Waals surface area contributed by atoms with Crippen LogP contribution in [0.25, 0.3) is 21.7 Å². The van der Waals surface area contributed by atoms with Crippen molar-refractivity contribution in [3.63, 3.8) is 0 Å². The second kappa shape index (κ2) is 8.12. The maximum Gasteiger partial charge on any atom is 0.192 e. The van der Waals surface area contributed by atoms with Crippen molar-refractivity contribution in [2.24, 2.45) is 0 Å². The van der Waals surface area contributed by atoms with Gasteiger partial charge in [-0.05, 0) is 65.9 Å². The number of ketones is 1. The molecule has 0 saturated carbocycles. The standard InChI is InChI=1S/C27H25NO3/c1-18-4-2-3-5-23(18)21-8-11-28(17-21)12-9-25(29)20-7-6-19-15-24-26(30)10-13-31-27(24)16-22(19)14-20/h2-7,10,13-16,21H,8-9,11-12,17H2,1H3. The van der Waals surface area contributed by atoms with Crippen LogP contribution in [-0.2, 0) is 0 Å². The molecular formula is C27H25NO3. The second-order valence-electron chi connectivity index (χ2n) is 8.51. The van der Waals surface area contributed by atoms with Crippen molar-refractivity contribution in [3.8, 4) is 0 Å². The molecule has 1 atom stereocenters. The minimum absolute atomic E-state index is 0.0575. The van der Waals surface area contributed by atoms with Crippen LogP contribution in [0.15, 0.2) is 76.1 Å². The molecule has 5 rings (SSSR count). The smallest absolute Gasteiger partial charge is 0.192 e. The molecule has 4 nitrogen and oxygen atoms in total. The number of fused-ring (bicyclic) bond motifs is 2. The fraction of sp³-hybridized carbons (Fsp3) is 0.259. The van der Waals surface area contributed by atoms with Gasteiger partial charge in [-0.25, -0.2) is 0 Å². The Balaban J connectivity index is 1.28. The van der Waals surface area contributed by atoms with Crippen LogP contribution in [0.1, 0.15) is 40.2 Å². The minimum atomic E-state index is -0.0575. The molecule has 0 N–H and O–H groups in total. The van der Waals surface area contributed by atoms with Crippen molar-refractivity contribution in [2.75, 3.05) is 19.6 Å². The Labute approximate surface area is 181 Å². The summed E-state index contributed by atoms with van der Waals surface area (Å²) in [5, 5.41) is 2.41. The van der Waals surface area contributed by atoms with Gasteiger partial charge in [0.25, 0.3) is 0 Å². The zero-order valence-electron chi connectivity index (χ0n) is 17.6. The molecule has 4 heteroatoms. The van der Waals surface area contributed by atoms with E-state index in [1.165, 1.54) is 23.5 Å². The molecular weight excluding hydrogens is 386 g/mol. The van der Waals surface area contributed by atoms with Gasteiger partial charge in [-0.15, -0.1) is 0 Å². The monoisotopic (exact) mass is 411 g/mol. The van der Waals surface area contributed by atoms with Gasteiger partial charge in [0, 0.05) is 31.1 Å². The van der Waals surface area contributed by atoms with Crippen molar-refractivity contribution in [2.45, 2.75) is 25.7 Å². The number of carbonyl (C=O) groups excluding carboxylic acids is 1. The summed E-state index contributed by atoms with van der Waals surface area (Å²) in [5.74, 6) is 0.704. The first kappa shape index (κ1) is 19.7. The van der Waals surface area contributed by atoms with Gasteiger partial charge in [0.15, 0.2) is 11.2 Å². The third-order valence-electron chi connectivity index (χ3n) is 6.50. The van der Waals surface area contributed by atoms with Crippen LogP contribution in [0.5, 0.6) is 0 Å². The third kappa shape index (κ3) is 3.91. The summed E-state index contributed by atoms with van der Waals surface area (Å²) >= 11 is 0. The normalized spacial score (nSPS) is 16.9. The van der Waals surface area contributed by atoms with E-state index in [9.17, 15) is 9.59 Å². The van der Waals surface area contributed by atoms with E-state index >= 15 is 0 Å². The summed E-state index contributed by atoms with van der Waals surface area (Å²) in [5.41, 5.74) is 3.98. The second-order valence-corrected chi connectivity index (χ2v) is 8.51. The van der Waals surface area contributed by atoms with Crippen LogP contribution in [-0.4, -0.2) is 30.3 Å². The molecule has 1 saturated heterocycles. The first-order valence-electron chi connectivity index (χ1n) is 10.8. The molecule has 0 amide bonds. The van der Waals surface area contributed by atoms with Crippen molar-refractivity contribution in [1.29, 1.82) is 0 Å². The van der Waals surface area contributed by atoms with E-state index in [1.54, 1.807) is 0 Å². The van der Waals surface area contributed by atoms with Crippen molar-refractivity contribution < 1.29 is 9.21 Å². The molecule has 1 unspecified atom stereocenters. The number of Topliss-reactive ketones (excluding diaryl/α,β-unsaturated/α-hetero) is 1. The van der Waals surface area contributed by atoms with Gasteiger partial charge in [-0.1, -0.05) is 36.4 Å². The lowest BCUT2D eigenvalue weighted by Crippen LogP contribution is -2.23. The van der Waals surface area contributed by atoms with Crippen molar-refractivity contribution in [1.82, 2.24) is 4.90 Å². The van der Waals surface area contributed by atoms with E-state index in [-0.39, 0.29) is 11.2 Å². The quantitative estimate of drug-likeness (QED) is 0.330. The number of aryl methyl sites for hydroxylation is 1. The number of benzene rings is 3. The summed E-state index contributed by atoms with van der Waals surface area (Å²) in [6.07, 6.45) is 3.06. The van der Waals surface area contributed by atoms with E-state index in [4.69, 9.17) is 4.42 Å². The number of nitrogens with zero attached hydrogens (tertiary/aromatic N) is 1. The van der Waals surface area contributed by atoms with Crippen LogP contribution >= 0.6 is 0 Å². The number of likely N-dealkylation sites (tertiary alicyclic amines) is 1. The lowest BCUT2D eigenvalue weighted by molar-refractivity contribution is 0.0969. The molecule has 2 heterocycles. The molecule has 31 heavy (non-hydrogen) atoms. The van der Waals surface area contributed by atoms with Gasteiger partial charge >= 0.3 is 0 Å². The summed E-state index contributed by atoms with van der Waals surface area (Å²) in [6, 6.07) is 19.4. The zero-order valence-corrected chi connectivity index (χ0v) is 17.6. The predicted octanol–water partition coefficient (Wildman–Crippen LogP) is 5.32. The number of hydrogen-bond acceptors (Lipinski definition) is 4. The highest BCUT2D eigenvalue weighted by Crippen LogP contribution is 2.29. The summed E-state index contributed by atoms with van der Waals surface area (Å²) in [7, 11) is 0. The number of rotatable bonds is 5. The third-order valence-corrected chi connectivity index (χ3v) is 6.50. The highest BCUT2D eigenvalue weighted by Gasteiger charge is 2.25. The molecule has 0 aliphatic carbocycles. The molecule has 0 spiro atoms. The van der Waals surface area contributed by atoms with Crippen LogP contribution in [0.2, 0.25) is 0 Å². The molecule has 0 radical (unpaired) electrons. The Kier molecular flexibility index (Phi) is 5.16. The summed E-state index contributed by atoms with van der Waals surface area (Å²) in [4.78, 5) is 27.3. The average molecular weight is 412 g/mol. The average Bonchev–Trinajstić information content (AvgIpc) is 3.25. The Morgan fingerprint density at radius 3 is 2.81 bits per heavy atom. The number of carbonyl (C=O) groups is 1. The van der Waals surface area contributed by atoms with Gasteiger partial charge in [0.05, 0.1) is 11.6 Å². The lowest BCUT2D eigenvalue weighted by Gasteiger charge is -2.17. The molecule has 1 aliphatic heterocycles. The number of hydrogen-bond donors (Lipinski definition) is 0. The SMILES string of the molecule is Cc1ccccc1C1CCN(CCC(=O)c2ccc3cc4c(=O)ccoc4cc3c2)C1. The molecule has 4 aromatic rings. The van der Waals surface area contributed by atoms with E-state index in [2.05, 4.69) is 36.1 Å². The predicted molar refractivity (Wildman–Crippen MR) is 124 cm³/mol. The van der Waals surface area contributed by atoms with Gasteiger partial charge < -0.3 is 9.32 Å². The minimum Gasteiger partial charge on any atom is -0.464 e. The van der Waals surface area contributed by atoms with E-state index < -0.39 is 0 Å². The first-order chi connectivity index (χ1) is 15.1. The van der Waals surface area contributed by atoms with E-state index in [1.807, 2.05) is 30.3 Å². The molecule has 1 aliphatic rings. The maximum absolute atomic E-state index is 12.9. The maximum atomic E-state index is 12.9.